The van der Waals surface area contributed by atoms with Gasteiger partial charge in [0.25, 0.3) is 0 Å². The Balaban J connectivity index is 0.000000429. The molecular formula is C53H95B4F3N12O21. The van der Waals surface area contributed by atoms with Crippen molar-refractivity contribution in [3.8, 4) is 0 Å². The van der Waals surface area contributed by atoms with E-state index >= 15 is 0 Å². The fraction of sp³-hybridized carbons (Fsp3) is 0.736. The minimum atomic E-state index is -4.46. The summed E-state index contributed by atoms with van der Waals surface area (Å²) in [7, 11) is -5.82. The van der Waals surface area contributed by atoms with Crippen molar-refractivity contribution in [3.63, 3.8) is 0 Å². The van der Waals surface area contributed by atoms with Gasteiger partial charge in [0.15, 0.2) is 0 Å². The highest BCUT2D eigenvalue weighted by Crippen LogP contribution is 2.35. The van der Waals surface area contributed by atoms with Gasteiger partial charge >= 0.3 is 58.5 Å². The highest BCUT2D eigenvalue weighted by atomic mass is 19.4. The zero-order chi connectivity index (χ0) is 71.5. The number of hydrogen-bond acceptors (Lipinski definition) is 25. The second-order valence-electron chi connectivity index (χ2n) is 25.0. The number of benzene rings is 1. The van der Waals surface area contributed by atoms with Crippen molar-refractivity contribution < 1.29 is 117 Å². The number of amides is 4. The monoisotopic (exact) mass is 1340 g/mol. The van der Waals surface area contributed by atoms with Crippen LogP contribution in [0.5, 0.6) is 0 Å². The number of hydrogen-bond donors (Lipinski definition) is 21. The van der Waals surface area contributed by atoms with Gasteiger partial charge in [-0.1, -0.05) is 51.7 Å². The van der Waals surface area contributed by atoms with Crippen LogP contribution in [0.1, 0.15) is 83.3 Å². The highest BCUT2D eigenvalue weighted by Gasteiger charge is 2.54. The van der Waals surface area contributed by atoms with Crippen molar-refractivity contribution in [2.75, 3.05) is 59.0 Å². The molecule has 4 aliphatic heterocycles. The Bertz CT molecular complexity index is 2640. The number of aliphatic hydroxyl groups excluding tert-OH is 1. The number of aliphatic hydroxyl groups is 1. The van der Waals surface area contributed by atoms with Crippen LogP contribution in [0.2, 0.25) is 25.3 Å². The molecule has 4 amide bonds. The number of carbonyl (C=O) groups excluding carboxylic acids is 4. The first-order valence-electron chi connectivity index (χ1n) is 30.3. The van der Waals surface area contributed by atoms with Gasteiger partial charge in [-0.25, -0.2) is 0 Å². The van der Waals surface area contributed by atoms with Crippen molar-refractivity contribution in [1.82, 2.24) is 19.6 Å². The molecule has 0 radical (unpaired) electrons. The van der Waals surface area contributed by atoms with Gasteiger partial charge < -0.3 is 131 Å². The highest BCUT2D eigenvalue weighted by molar-refractivity contribution is 6.41. The smallest absolute Gasteiger partial charge is 0.451 e. The normalized spacial score (nSPS) is 25.5. The molecule has 0 unspecified atom stereocenters. The summed E-state index contributed by atoms with van der Waals surface area (Å²) >= 11 is 0. The molecule has 5 rings (SSSR count). The molecular weight excluding hydrogens is 1240 g/mol. The number of carboxylic acids is 4. The lowest BCUT2D eigenvalue weighted by Gasteiger charge is -2.25. The fourth-order valence-electron chi connectivity index (χ4n) is 11.5. The summed E-state index contributed by atoms with van der Waals surface area (Å²) in [5.74, 6) is -8.55. The molecule has 12 atom stereocenters. The van der Waals surface area contributed by atoms with Gasteiger partial charge in [-0.05, 0) is 87.9 Å². The first-order chi connectivity index (χ1) is 42.8. The van der Waals surface area contributed by atoms with Crippen molar-refractivity contribution in [1.29, 1.82) is 0 Å². The van der Waals surface area contributed by atoms with Crippen molar-refractivity contribution >= 4 is 76.0 Å². The number of nitrogens with two attached hydrogens (primary N) is 8. The van der Waals surface area contributed by atoms with Gasteiger partial charge in [-0.2, -0.15) is 13.2 Å². The molecule has 1 aromatic rings. The molecule has 93 heavy (non-hydrogen) atoms. The third-order valence-electron chi connectivity index (χ3n) is 17.3. The molecule has 40 heteroatoms. The van der Waals surface area contributed by atoms with Crippen molar-refractivity contribution in [2.24, 2.45) is 75.5 Å². The molecule has 33 nitrogen and oxygen atoms in total. The summed E-state index contributed by atoms with van der Waals surface area (Å²) in [5.41, 5.74) is 40.0. The number of halogens is 3. The van der Waals surface area contributed by atoms with Crippen LogP contribution in [-0.4, -0.2) is 267 Å². The standard InChI is InChI=1S/C18H25BF3N3O5.C13H26BN3O5.C11H22BN3O6.C11H22BN3O5/c20-18(21,22)12-5-3-11(4-6-12)8-14(23)15(26)25-9-13(2-1-7-19(29)30)17(24,10-25)16(27)28;1-8(2)10(15)11(18)17-6-9(4-3-5-14(21)22)13(16,7-17)12(19)20;13-8(5-16)9(17)15-4-7(2-1-3-12(20)21)11(14,6-15)10(18)19;1-7(13)9(16)15-5-8(3-2-4-12(19)20)11(14,6-15)10(17)18/h3-6,13-14,29-30H,1-2,7-10,23-24H2,(H,27,28);8-10,21-22H,3-7,15-16H2,1-2H3,(H,19,20);7-8,16,20-21H,1-6,13-14H2,(H,18,19);7-8,19-20H,2-6,13-14H2,1H3,(H,17,18)/t13-,14-,17-;9-,10-,13-;2*7-,8-,11-/m0000/s1. The zero-order valence-electron chi connectivity index (χ0n) is 52.5. The summed E-state index contributed by atoms with van der Waals surface area (Å²) in [4.78, 5) is 100. The Morgan fingerprint density at radius 3 is 0.989 bits per heavy atom. The first-order valence-corrected chi connectivity index (χ1v) is 30.3. The fourth-order valence-corrected chi connectivity index (χ4v) is 11.5. The molecule has 4 saturated heterocycles. The Hall–Kier alpha value is -5.65. The molecule has 4 fully saturated rings. The maximum absolute atomic E-state index is 12.7. The Labute approximate surface area is 537 Å². The van der Waals surface area contributed by atoms with E-state index in [1.165, 1.54) is 38.7 Å². The summed E-state index contributed by atoms with van der Waals surface area (Å²) in [6.45, 7) is 4.70. The number of carboxylic acid groups (broad SMARTS) is 4. The van der Waals surface area contributed by atoms with E-state index in [9.17, 15) is 72.0 Å². The molecule has 4 aliphatic rings. The first kappa shape index (κ1) is 83.4. The molecule has 1 aromatic carbocycles. The van der Waals surface area contributed by atoms with Gasteiger partial charge in [0.2, 0.25) is 23.6 Å². The van der Waals surface area contributed by atoms with Gasteiger partial charge in [-0.3, -0.25) is 38.4 Å². The maximum atomic E-state index is 12.7. The third kappa shape index (κ3) is 23.9. The number of rotatable bonds is 28. The Morgan fingerprint density at radius 2 is 0.753 bits per heavy atom. The molecule has 526 valence electrons. The predicted octanol–water partition coefficient (Wildman–Crippen LogP) is -6.84. The minimum absolute atomic E-state index is 0.0144. The van der Waals surface area contributed by atoms with Crippen LogP contribution >= 0.6 is 0 Å². The SMILES string of the molecule is CC(C)[C@H](N)C(=O)N1C[C@H](CCCB(O)O)[C@](N)(C(=O)O)C1.C[C@H](N)C(=O)N1C[C@H](CCCB(O)O)[C@](N)(C(=O)O)C1.N[C@@H](CO)C(=O)N1C[C@H](CCCB(O)O)[C@](N)(C(=O)O)C1.N[C@@H](Cc1ccc(C(F)(F)F)cc1)C(=O)N1C[C@H](CCCB(O)O)[C@](N)(C(=O)O)C1. The van der Waals surface area contributed by atoms with E-state index in [0.717, 1.165) is 12.1 Å². The van der Waals surface area contributed by atoms with E-state index < -0.39 is 153 Å². The largest absolute Gasteiger partial charge is 0.480 e. The molecule has 0 aromatic heterocycles. The van der Waals surface area contributed by atoms with Gasteiger partial charge in [-0.15, -0.1) is 0 Å². The molecule has 0 spiro atoms. The second-order valence-corrected chi connectivity index (χ2v) is 25.0. The summed E-state index contributed by atoms with van der Waals surface area (Å²) < 4.78 is 37.9. The summed E-state index contributed by atoms with van der Waals surface area (Å²) in [6, 6.07) is 0.744. The van der Waals surface area contributed by atoms with E-state index in [1.54, 1.807) is 0 Å². The van der Waals surface area contributed by atoms with E-state index in [2.05, 4.69) is 0 Å². The van der Waals surface area contributed by atoms with Gasteiger partial charge in [0, 0.05) is 76.0 Å². The van der Waals surface area contributed by atoms with Crippen LogP contribution in [-0.2, 0) is 51.0 Å². The molecule has 0 bridgehead atoms. The Kier molecular flexibility index (Phi) is 32.7. The molecule has 29 N–H and O–H groups in total. The average molecular weight is 1340 g/mol. The summed E-state index contributed by atoms with van der Waals surface area (Å²) in [5, 5.41) is 117. The van der Waals surface area contributed by atoms with Crippen LogP contribution in [0.25, 0.3) is 0 Å². The lowest BCUT2D eigenvalue weighted by atomic mass is 9.78. The number of nitrogens with zero attached hydrogens (tertiary/aromatic N) is 4. The topological polar surface area (TPSA) is 621 Å². The third-order valence-corrected chi connectivity index (χ3v) is 17.3. The maximum Gasteiger partial charge on any atom is 0.451 e. The minimum Gasteiger partial charge on any atom is -0.480 e. The van der Waals surface area contributed by atoms with Gasteiger partial charge in [0.1, 0.15) is 28.2 Å². The summed E-state index contributed by atoms with van der Waals surface area (Å²) in [6.07, 6.45) is -1.06. The van der Waals surface area contributed by atoms with Crippen LogP contribution in [0.4, 0.5) is 13.2 Å². The van der Waals surface area contributed by atoms with Crippen LogP contribution in [0.15, 0.2) is 24.3 Å². The Morgan fingerprint density at radius 1 is 0.484 bits per heavy atom. The quantitative estimate of drug-likeness (QED) is 0.0347. The van der Waals surface area contributed by atoms with Gasteiger partial charge in [0.05, 0.1) is 30.3 Å². The number of likely N-dealkylation sites (tertiary alicyclic amines) is 4. The number of alkyl halides is 3. The lowest BCUT2D eigenvalue weighted by Crippen LogP contribution is -2.55. The molecule has 0 aliphatic carbocycles. The lowest BCUT2D eigenvalue weighted by molar-refractivity contribution is -0.145. The zero-order valence-corrected chi connectivity index (χ0v) is 52.5. The number of carbonyl (C=O) groups is 8. The molecule has 0 saturated carbocycles. The van der Waals surface area contributed by atoms with E-state index in [1.807, 2.05) is 13.8 Å². The van der Waals surface area contributed by atoms with Crippen molar-refractivity contribution in [2.45, 2.75) is 156 Å². The molecule has 4 heterocycles. The van der Waals surface area contributed by atoms with E-state index in [4.69, 9.17) is 91.2 Å². The van der Waals surface area contributed by atoms with E-state index in [-0.39, 0.29) is 108 Å². The second kappa shape index (κ2) is 36.5. The average Bonchev–Trinajstić information content (AvgIpc) is 1.71. The van der Waals surface area contributed by atoms with Crippen LogP contribution in [0.3, 0.4) is 0 Å². The van der Waals surface area contributed by atoms with E-state index in [0.29, 0.717) is 50.5 Å². The number of aliphatic carboxylic acids is 4. The van der Waals surface area contributed by atoms with Crippen LogP contribution in [0, 0.1) is 29.6 Å². The van der Waals surface area contributed by atoms with Crippen LogP contribution < -0.4 is 45.9 Å². The van der Waals surface area contributed by atoms with Crippen molar-refractivity contribution in [3.05, 3.63) is 35.4 Å². The predicted molar refractivity (Wildman–Crippen MR) is 330 cm³/mol.